The first kappa shape index (κ1) is 15.0. The highest BCUT2D eigenvalue weighted by Crippen LogP contribution is 2.15. The summed E-state index contributed by atoms with van der Waals surface area (Å²) >= 11 is 5.36. The lowest BCUT2D eigenvalue weighted by molar-refractivity contribution is 0.477. The van der Waals surface area contributed by atoms with Crippen LogP contribution in [0.15, 0.2) is 0 Å². The van der Waals surface area contributed by atoms with Crippen LogP contribution in [-0.4, -0.2) is 32.9 Å². The van der Waals surface area contributed by atoms with Gasteiger partial charge < -0.3 is 10.2 Å². The SMILES string of the molecule is CCn1nc(C)c(CN(C)C(=S)NC(C)C)c1C. The first-order chi connectivity index (χ1) is 8.36. The normalized spacial score (nSPS) is 10.8. The Morgan fingerprint density at radius 3 is 2.50 bits per heavy atom. The van der Waals surface area contributed by atoms with Crippen molar-refractivity contribution in [3.05, 3.63) is 17.0 Å². The number of thiocarbonyl (C=S) groups is 1. The molecule has 0 fully saturated rings. The molecule has 0 atom stereocenters. The maximum absolute atomic E-state index is 5.36. The molecule has 4 nitrogen and oxygen atoms in total. The predicted octanol–water partition coefficient (Wildman–Crippen LogP) is 2.23. The smallest absolute Gasteiger partial charge is 0.169 e. The van der Waals surface area contributed by atoms with Crippen molar-refractivity contribution in [3.8, 4) is 0 Å². The van der Waals surface area contributed by atoms with Crippen LogP contribution in [0.3, 0.4) is 0 Å². The zero-order valence-electron chi connectivity index (χ0n) is 12.2. The Hall–Kier alpha value is -1.10. The van der Waals surface area contributed by atoms with Crippen molar-refractivity contribution in [1.82, 2.24) is 20.0 Å². The van der Waals surface area contributed by atoms with Gasteiger partial charge in [-0.15, -0.1) is 0 Å². The summed E-state index contributed by atoms with van der Waals surface area (Å²) in [4.78, 5) is 2.06. The molecule has 1 heterocycles. The molecular formula is C13H24N4S. The fraction of sp³-hybridized carbons (Fsp3) is 0.692. The van der Waals surface area contributed by atoms with Gasteiger partial charge in [-0.3, -0.25) is 4.68 Å². The third-order valence-corrected chi connectivity index (χ3v) is 3.41. The van der Waals surface area contributed by atoms with E-state index in [4.69, 9.17) is 12.2 Å². The molecule has 102 valence electrons. The van der Waals surface area contributed by atoms with Crippen molar-refractivity contribution in [2.24, 2.45) is 0 Å². The van der Waals surface area contributed by atoms with Crippen LogP contribution in [0.4, 0.5) is 0 Å². The van der Waals surface area contributed by atoms with E-state index < -0.39 is 0 Å². The molecule has 0 bridgehead atoms. The number of hydrogen-bond acceptors (Lipinski definition) is 2. The quantitative estimate of drug-likeness (QED) is 0.849. The van der Waals surface area contributed by atoms with Crippen LogP contribution in [0.5, 0.6) is 0 Å². The topological polar surface area (TPSA) is 33.1 Å². The summed E-state index contributed by atoms with van der Waals surface area (Å²) in [6.07, 6.45) is 0. The van der Waals surface area contributed by atoms with Crippen molar-refractivity contribution in [1.29, 1.82) is 0 Å². The highest BCUT2D eigenvalue weighted by molar-refractivity contribution is 7.80. The largest absolute Gasteiger partial charge is 0.360 e. The second kappa shape index (κ2) is 6.18. The number of hydrogen-bond donors (Lipinski definition) is 1. The highest BCUT2D eigenvalue weighted by atomic mass is 32.1. The zero-order valence-corrected chi connectivity index (χ0v) is 13.1. The molecule has 18 heavy (non-hydrogen) atoms. The summed E-state index contributed by atoms with van der Waals surface area (Å²) in [5, 5.41) is 8.57. The maximum atomic E-state index is 5.36. The summed E-state index contributed by atoms with van der Waals surface area (Å²) in [6.45, 7) is 12.2. The van der Waals surface area contributed by atoms with Crippen LogP contribution in [-0.2, 0) is 13.1 Å². The van der Waals surface area contributed by atoms with Crippen LogP contribution in [0, 0.1) is 13.8 Å². The van der Waals surface area contributed by atoms with Crippen LogP contribution >= 0.6 is 12.2 Å². The Bertz CT molecular complexity index is 423. The third-order valence-electron chi connectivity index (χ3n) is 2.99. The molecule has 0 unspecified atom stereocenters. The van der Waals surface area contributed by atoms with E-state index in [1.165, 1.54) is 11.3 Å². The summed E-state index contributed by atoms with van der Waals surface area (Å²) in [5.41, 5.74) is 3.59. The van der Waals surface area contributed by atoms with Gasteiger partial charge in [-0.05, 0) is 46.8 Å². The Morgan fingerprint density at radius 2 is 2.06 bits per heavy atom. The average molecular weight is 268 g/mol. The minimum Gasteiger partial charge on any atom is -0.360 e. The lowest BCUT2D eigenvalue weighted by Crippen LogP contribution is -2.40. The van der Waals surface area contributed by atoms with Gasteiger partial charge in [-0.25, -0.2) is 0 Å². The minimum atomic E-state index is 0.362. The summed E-state index contributed by atoms with van der Waals surface area (Å²) < 4.78 is 2.04. The van der Waals surface area contributed by atoms with Gasteiger partial charge in [0, 0.05) is 37.4 Å². The first-order valence-electron chi connectivity index (χ1n) is 6.41. The van der Waals surface area contributed by atoms with E-state index in [0.29, 0.717) is 6.04 Å². The Kier molecular flexibility index (Phi) is 5.14. The summed E-state index contributed by atoms with van der Waals surface area (Å²) in [5.74, 6) is 0. The Balaban J connectivity index is 2.78. The van der Waals surface area contributed by atoms with Crippen molar-refractivity contribution in [2.75, 3.05) is 7.05 Å². The highest BCUT2D eigenvalue weighted by Gasteiger charge is 2.14. The summed E-state index contributed by atoms with van der Waals surface area (Å²) in [6, 6.07) is 0.362. The standard InChI is InChI=1S/C13H24N4S/c1-7-17-11(5)12(10(4)15-17)8-16(6)13(18)14-9(2)3/h9H,7-8H2,1-6H3,(H,14,18). The molecule has 0 aliphatic heterocycles. The molecule has 1 rings (SSSR count). The Labute approximate surface area is 115 Å². The van der Waals surface area contributed by atoms with E-state index in [9.17, 15) is 0 Å². The van der Waals surface area contributed by atoms with Gasteiger partial charge in [-0.1, -0.05) is 0 Å². The molecule has 1 aromatic rings. The predicted molar refractivity (Wildman–Crippen MR) is 79.7 cm³/mol. The molecule has 0 spiro atoms. The first-order valence-corrected chi connectivity index (χ1v) is 6.82. The molecule has 0 amide bonds. The van der Waals surface area contributed by atoms with E-state index in [2.05, 4.69) is 49.9 Å². The minimum absolute atomic E-state index is 0.362. The molecule has 0 aromatic carbocycles. The van der Waals surface area contributed by atoms with Crippen LogP contribution in [0.25, 0.3) is 0 Å². The van der Waals surface area contributed by atoms with Crippen LogP contribution in [0.2, 0.25) is 0 Å². The average Bonchev–Trinajstić information content (AvgIpc) is 2.55. The molecule has 1 aromatic heterocycles. The van der Waals surface area contributed by atoms with Gasteiger partial charge in [0.1, 0.15) is 0 Å². The van der Waals surface area contributed by atoms with Crippen LogP contribution < -0.4 is 5.32 Å². The summed E-state index contributed by atoms with van der Waals surface area (Å²) in [7, 11) is 2.01. The third kappa shape index (κ3) is 3.45. The van der Waals surface area contributed by atoms with Crippen LogP contribution in [0.1, 0.15) is 37.7 Å². The number of rotatable bonds is 4. The Morgan fingerprint density at radius 1 is 1.44 bits per heavy atom. The number of aryl methyl sites for hydroxylation is 2. The molecular weight excluding hydrogens is 244 g/mol. The fourth-order valence-corrected chi connectivity index (χ4v) is 2.24. The van der Waals surface area contributed by atoms with Gasteiger partial charge in [0.25, 0.3) is 0 Å². The lowest BCUT2D eigenvalue weighted by atomic mass is 10.2. The van der Waals surface area contributed by atoms with E-state index in [0.717, 1.165) is 23.9 Å². The fourth-order valence-electron chi connectivity index (χ4n) is 1.94. The molecule has 1 N–H and O–H groups in total. The van der Waals surface area contributed by atoms with Gasteiger partial charge in [0.05, 0.1) is 5.69 Å². The van der Waals surface area contributed by atoms with Crippen molar-refractivity contribution >= 4 is 17.3 Å². The lowest BCUT2D eigenvalue weighted by Gasteiger charge is -2.23. The molecule has 0 saturated heterocycles. The maximum Gasteiger partial charge on any atom is 0.169 e. The van der Waals surface area contributed by atoms with Gasteiger partial charge >= 0.3 is 0 Å². The number of nitrogens with one attached hydrogen (secondary N) is 1. The van der Waals surface area contributed by atoms with Gasteiger partial charge in [0.15, 0.2) is 5.11 Å². The second-order valence-electron chi connectivity index (χ2n) is 4.93. The van der Waals surface area contributed by atoms with E-state index in [1.54, 1.807) is 0 Å². The van der Waals surface area contributed by atoms with Crippen molar-refractivity contribution in [2.45, 2.75) is 53.8 Å². The monoisotopic (exact) mass is 268 g/mol. The van der Waals surface area contributed by atoms with E-state index in [-0.39, 0.29) is 0 Å². The van der Waals surface area contributed by atoms with E-state index >= 15 is 0 Å². The van der Waals surface area contributed by atoms with E-state index in [1.807, 2.05) is 11.7 Å². The van der Waals surface area contributed by atoms with Crippen molar-refractivity contribution in [3.63, 3.8) is 0 Å². The molecule has 0 radical (unpaired) electrons. The molecule has 0 saturated carbocycles. The number of nitrogens with zero attached hydrogens (tertiary/aromatic N) is 3. The zero-order chi connectivity index (χ0) is 13.9. The number of aromatic nitrogens is 2. The molecule has 0 aliphatic carbocycles. The van der Waals surface area contributed by atoms with Crippen molar-refractivity contribution < 1.29 is 0 Å². The van der Waals surface area contributed by atoms with Gasteiger partial charge in [0.2, 0.25) is 0 Å². The molecule has 5 heteroatoms. The second-order valence-corrected chi connectivity index (χ2v) is 5.31. The van der Waals surface area contributed by atoms with Gasteiger partial charge in [-0.2, -0.15) is 5.10 Å². The molecule has 0 aliphatic rings.